The van der Waals surface area contributed by atoms with Crippen LogP contribution in [-0.2, 0) is 0 Å². The van der Waals surface area contributed by atoms with E-state index >= 15 is 0 Å². The Morgan fingerprint density at radius 3 is 3.00 bits per heavy atom. The number of likely N-dealkylation sites (tertiary alicyclic amines) is 1. The Kier molecular flexibility index (Phi) is 5.12. The first-order valence-corrected chi connectivity index (χ1v) is 7.49. The topological polar surface area (TPSA) is 53.4 Å². The van der Waals surface area contributed by atoms with Crippen molar-refractivity contribution < 1.29 is 9.90 Å². The molecule has 0 radical (unpaired) electrons. The highest BCUT2D eigenvalue weighted by atomic mass is 16.3. The molecule has 1 saturated heterocycles. The molecule has 2 heterocycles. The molecule has 1 aliphatic rings. The van der Waals surface area contributed by atoms with Gasteiger partial charge in [-0.25, -0.2) is 0 Å². The molecule has 1 amide bonds. The summed E-state index contributed by atoms with van der Waals surface area (Å²) >= 11 is 0. The molecule has 1 aromatic heterocycles. The molecule has 0 bridgehead atoms. The maximum Gasteiger partial charge on any atom is 0.254 e. The molecule has 4 heteroatoms. The van der Waals surface area contributed by atoms with Crippen LogP contribution in [0.15, 0.2) is 18.3 Å². The largest absolute Gasteiger partial charge is 0.393 e. The highest BCUT2D eigenvalue weighted by molar-refractivity contribution is 5.94. The van der Waals surface area contributed by atoms with Gasteiger partial charge in [-0.15, -0.1) is 0 Å². The zero-order valence-electron chi connectivity index (χ0n) is 12.4. The number of aryl methyl sites for hydroxylation is 1. The number of aliphatic hydroxyl groups excluding tert-OH is 1. The molecule has 20 heavy (non-hydrogen) atoms. The molecule has 2 atom stereocenters. The Bertz CT molecular complexity index is 460. The number of pyridine rings is 1. The van der Waals surface area contributed by atoms with Crippen molar-refractivity contribution >= 4 is 5.91 Å². The van der Waals surface area contributed by atoms with Crippen LogP contribution < -0.4 is 0 Å². The van der Waals surface area contributed by atoms with Gasteiger partial charge < -0.3 is 10.0 Å². The van der Waals surface area contributed by atoms with Crippen molar-refractivity contribution in [2.75, 3.05) is 6.54 Å². The average molecular weight is 276 g/mol. The monoisotopic (exact) mass is 276 g/mol. The molecule has 0 spiro atoms. The number of hydrogen-bond donors (Lipinski definition) is 1. The second kappa shape index (κ2) is 6.84. The smallest absolute Gasteiger partial charge is 0.254 e. The van der Waals surface area contributed by atoms with Gasteiger partial charge in [-0.3, -0.25) is 9.78 Å². The highest BCUT2D eigenvalue weighted by Gasteiger charge is 2.27. The van der Waals surface area contributed by atoms with Crippen molar-refractivity contribution in [3.8, 4) is 0 Å². The van der Waals surface area contributed by atoms with Crippen LogP contribution in [0.1, 0.15) is 55.1 Å². The van der Waals surface area contributed by atoms with E-state index in [9.17, 15) is 9.90 Å². The highest BCUT2D eigenvalue weighted by Crippen LogP contribution is 2.22. The van der Waals surface area contributed by atoms with Crippen LogP contribution in [0.4, 0.5) is 0 Å². The molecule has 1 aliphatic heterocycles. The van der Waals surface area contributed by atoms with Gasteiger partial charge in [0.15, 0.2) is 0 Å². The lowest BCUT2D eigenvalue weighted by atomic mass is 10.0. The number of aliphatic hydroxyl groups is 1. The third kappa shape index (κ3) is 3.79. The molecular weight excluding hydrogens is 252 g/mol. The van der Waals surface area contributed by atoms with Crippen molar-refractivity contribution in [3.63, 3.8) is 0 Å². The van der Waals surface area contributed by atoms with E-state index in [4.69, 9.17) is 0 Å². The first kappa shape index (κ1) is 15.0. The second-order valence-electron chi connectivity index (χ2n) is 5.77. The zero-order chi connectivity index (χ0) is 14.5. The van der Waals surface area contributed by atoms with Gasteiger partial charge in [0, 0.05) is 30.0 Å². The number of nitrogens with zero attached hydrogens (tertiary/aromatic N) is 2. The average Bonchev–Trinajstić information content (AvgIpc) is 2.63. The van der Waals surface area contributed by atoms with Crippen LogP contribution in [0, 0.1) is 6.92 Å². The van der Waals surface area contributed by atoms with Crippen LogP contribution in [0.5, 0.6) is 0 Å². The van der Waals surface area contributed by atoms with E-state index < -0.39 is 0 Å². The lowest BCUT2D eigenvalue weighted by Crippen LogP contribution is -2.41. The van der Waals surface area contributed by atoms with Gasteiger partial charge in [0.05, 0.1) is 6.10 Å². The number of amides is 1. The van der Waals surface area contributed by atoms with Crippen LogP contribution in [0.2, 0.25) is 0 Å². The molecular formula is C16H24N2O2. The summed E-state index contributed by atoms with van der Waals surface area (Å²) in [6, 6.07) is 3.77. The van der Waals surface area contributed by atoms with E-state index in [2.05, 4.69) is 4.98 Å². The number of hydrogen-bond acceptors (Lipinski definition) is 3. The minimum Gasteiger partial charge on any atom is -0.393 e. The molecule has 110 valence electrons. The van der Waals surface area contributed by atoms with Crippen molar-refractivity contribution in [2.45, 2.75) is 58.1 Å². The summed E-state index contributed by atoms with van der Waals surface area (Å²) in [6.45, 7) is 4.48. The van der Waals surface area contributed by atoms with Gasteiger partial charge in [-0.1, -0.05) is 12.8 Å². The van der Waals surface area contributed by atoms with Crippen LogP contribution in [-0.4, -0.2) is 39.6 Å². The molecule has 0 aromatic carbocycles. The summed E-state index contributed by atoms with van der Waals surface area (Å²) in [5.74, 6) is 0.0723. The standard InChI is InChI=1S/C16H24N2O2/c1-12-10-14(7-8-17-12)16(20)18-9-5-3-4-6-15(18)11-13(2)19/h7-8,10,13,15,19H,3-6,9,11H2,1-2H3. The van der Waals surface area contributed by atoms with E-state index in [0.717, 1.165) is 37.9 Å². The Hall–Kier alpha value is -1.42. The summed E-state index contributed by atoms with van der Waals surface area (Å²) in [7, 11) is 0. The molecule has 0 aliphatic carbocycles. The van der Waals surface area contributed by atoms with E-state index in [1.807, 2.05) is 17.9 Å². The maximum atomic E-state index is 12.7. The van der Waals surface area contributed by atoms with Crippen molar-refractivity contribution in [1.82, 2.24) is 9.88 Å². The normalized spacial score (nSPS) is 21.4. The fourth-order valence-electron chi connectivity index (χ4n) is 2.93. The Morgan fingerprint density at radius 2 is 2.30 bits per heavy atom. The Balaban J connectivity index is 2.19. The Morgan fingerprint density at radius 1 is 1.50 bits per heavy atom. The summed E-state index contributed by atoms with van der Waals surface area (Å²) in [4.78, 5) is 18.8. The Labute approximate surface area is 120 Å². The molecule has 2 rings (SSSR count). The van der Waals surface area contributed by atoms with Crippen molar-refractivity contribution in [2.24, 2.45) is 0 Å². The summed E-state index contributed by atoms with van der Waals surface area (Å²) in [6.07, 6.45) is 6.31. The zero-order valence-corrected chi connectivity index (χ0v) is 12.4. The number of aromatic nitrogens is 1. The predicted molar refractivity (Wildman–Crippen MR) is 78.6 cm³/mol. The van der Waals surface area contributed by atoms with Gasteiger partial charge >= 0.3 is 0 Å². The second-order valence-corrected chi connectivity index (χ2v) is 5.77. The molecule has 1 aromatic rings. The summed E-state index contributed by atoms with van der Waals surface area (Å²) < 4.78 is 0. The summed E-state index contributed by atoms with van der Waals surface area (Å²) in [5.41, 5.74) is 1.56. The minimum absolute atomic E-state index is 0.0723. The first-order valence-electron chi connectivity index (χ1n) is 7.49. The van der Waals surface area contributed by atoms with Gasteiger partial charge in [0.1, 0.15) is 0 Å². The number of carbonyl (C=O) groups excluding carboxylic acids is 1. The van der Waals surface area contributed by atoms with E-state index in [0.29, 0.717) is 12.0 Å². The molecule has 2 unspecified atom stereocenters. The molecule has 0 saturated carbocycles. The summed E-state index contributed by atoms with van der Waals surface area (Å²) in [5, 5.41) is 9.66. The molecule has 1 N–H and O–H groups in total. The fraction of sp³-hybridized carbons (Fsp3) is 0.625. The lowest BCUT2D eigenvalue weighted by molar-refractivity contribution is 0.0607. The van der Waals surface area contributed by atoms with Crippen LogP contribution >= 0.6 is 0 Å². The van der Waals surface area contributed by atoms with Crippen molar-refractivity contribution in [3.05, 3.63) is 29.6 Å². The van der Waals surface area contributed by atoms with E-state index in [1.165, 1.54) is 0 Å². The van der Waals surface area contributed by atoms with Gasteiger partial charge in [0.25, 0.3) is 5.91 Å². The van der Waals surface area contributed by atoms with Gasteiger partial charge in [0.2, 0.25) is 0 Å². The van der Waals surface area contributed by atoms with E-state index in [-0.39, 0.29) is 18.1 Å². The van der Waals surface area contributed by atoms with Gasteiger partial charge in [-0.05, 0) is 45.2 Å². The maximum absolute atomic E-state index is 12.7. The SMILES string of the molecule is Cc1cc(C(=O)N2CCCCCC2CC(C)O)ccn1. The predicted octanol–water partition coefficient (Wildman–Crippen LogP) is 2.55. The third-order valence-corrected chi connectivity index (χ3v) is 3.89. The van der Waals surface area contributed by atoms with E-state index in [1.54, 1.807) is 19.2 Å². The van der Waals surface area contributed by atoms with Crippen LogP contribution in [0.25, 0.3) is 0 Å². The first-order chi connectivity index (χ1) is 9.58. The number of carbonyl (C=O) groups is 1. The lowest BCUT2D eigenvalue weighted by Gasteiger charge is -2.31. The van der Waals surface area contributed by atoms with Gasteiger partial charge in [-0.2, -0.15) is 0 Å². The molecule has 4 nitrogen and oxygen atoms in total. The number of rotatable bonds is 3. The van der Waals surface area contributed by atoms with Crippen molar-refractivity contribution in [1.29, 1.82) is 0 Å². The quantitative estimate of drug-likeness (QED) is 0.923. The third-order valence-electron chi connectivity index (χ3n) is 3.89. The minimum atomic E-state index is -0.368. The van der Waals surface area contributed by atoms with Crippen LogP contribution in [0.3, 0.4) is 0 Å². The fourth-order valence-corrected chi connectivity index (χ4v) is 2.93. The molecule has 1 fully saturated rings.